The maximum Gasteiger partial charge on any atom is 0.224 e. The number of hydrogen-bond donors (Lipinski definition) is 4. The lowest BCUT2D eigenvalue weighted by Gasteiger charge is -2.15. The number of imidazole rings is 1. The topological polar surface area (TPSA) is 113 Å². The molecule has 5 N–H and O–H groups in total. The van der Waals surface area contributed by atoms with Gasteiger partial charge in [0.1, 0.15) is 5.52 Å². The second kappa shape index (κ2) is 4.09. The Bertz CT molecular complexity index is 562. The third-order valence-corrected chi connectivity index (χ3v) is 3.53. The van der Waals surface area contributed by atoms with Crippen LogP contribution in [0, 0.1) is 5.41 Å². The zero-order valence-corrected chi connectivity index (χ0v) is 9.98. The summed E-state index contributed by atoms with van der Waals surface area (Å²) in [6, 6.07) is 0. The third kappa shape index (κ3) is 1.97. The number of anilines is 2. The molecule has 0 saturated heterocycles. The van der Waals surface area contributed by atoms with Crippen LogP contribution >= 0.6 is 0 Å². The van der Waals surface area contributed by atoms with Gasteiger partial charge in [-0.05, 0) is 24.7 Å². The Hall–Kier alpha value is -1.89. The van der Waals surface area contributed by atoms with Crippen molar-refractivity contribution in [1.29, 1.82) is 0 Å². The van der Waals surface area contributed by atoms with Gasteiger partial charge in [-0.15, -0.1) is 0 Å². The van der Waals surface area contributed by atoms with Crippen LogP contribution in [0.25, 0.3) is 11.2 Å². The van der Waals surface area contributed by atoms with Gasteiger partial charge in [-0.3, -0.25) is 0 Å². The van der Waals surface area contributed by atoms with Gasteiger partial charge in [0.15, 0.2) is 11.5 Å². The van der Waals surface area contributed by atoms with Gasteiger partial charge in [0.25, 0.3) is 0 Å². The van der Waals surface area contributed by atoms with Crippen LogP contribution in [0.5, 0.6) is 0 Å². The molecule has 96 valence electrons. The number of aliphatic hydroxyl groups excluding tert-OH is 1. The zero-order chi connectivity index (χ0) is 12.6. The third-order valence-electron chi connectivity index (χ3n) is 3.53. The molecular formula is C11H16N6O. The molecule has 0 spiro atoms. The van der Waals surface area contributed by atoms with Crippen LogP contribution in [0.15, 0.2) is 6.33 Å². The summed E-state index contributed by atoms with van der Waals surface area (Å²) >= 11 is 0. The molecule has 0 unspecified atom stereocenters. The van der Waals surface area contributed by atoms with E-state index < -0.39 is 0 Å². The van der Waals surface area contributed by atoms with E-state index in [1.54, 1.807) is 6.33 Å². The maximum absolute atomic E-state index is 9.03. The maximum atomic E-state index is 9.03. The van der Waals surface area contributed by atoms with Gasteiger partial charge in [-0.2, -0.15) is 9.97 Å². The molecule has 0 radical (unpaired) electrons. The first-order valence-electron chi connectivity index (χ1n) is 6.04. The van der Waals surface area contributed by atoms with Crippen molar-refractivity contribution in [2.75, 3.05) is 24.2 Å². The molecule has 0 aliphatic heterocycles. The minimum absolute atomic E-state index is 0.212. The van der Waals surface area contributed by atoms with Crippen molar-refractivity contribution in [1.82, 2.24) is 19.9 Å². The Labute approximate surface area is 104 Å². The number of aromatic amines is 1. The van der Waals surface area contributed by atoms with E-state index in [0.29, 0.717) is 11.5 Å². The molecule has 1 fully saturated rings. The van der Waals surface area contributed by atoms with Crippen molar-refractivity contribution in [3.8, 4) is 0 Å². The van der Waals surface area contributed by atoms with Crippen LogP contribution in [-0.4, -0.2) is 38.2 Å². The molecule has 1 saturated carbocycles. The summed E-state index contributed by atoms with van der Waals surface area (Å²) in [5.41, 5.74) is 7.20. The van der Waals surface area contributed by atoms with Gasteiger partial charge in [0.05, 0.1) is 6.33 Å². The molecule has 0 atom stereocenters. The molecule has 18 heavy (non-hydrogen) atoms. The average Bonchev–Trinajstić information content (AvgIpc) is 2.94. The van der Waals surface area contributed by atoms with E-state index in [2.05, 4.69) is 25.3 Å². The van der Waals surface area contributed by atoms with E-state index in [9.17, 15) is 0 Å². The highest BCUT2D eigenvalue weighted by atomic mass is 16.3. The highest BCUT2D eigenvalue weighted by molar-refractivity contribution is 5.83. The summed E-state index contributed by atoms with van der Waals surface area (Å²) in [5, 5.41) is 12.3. The number of aliphatic hydroxyl groups is 1. The summed E-state index contributed by atoms with van der Waals surface area (Å²) < 4.78 is 0. The number of aromatic nitrogens is 4. The van der Waals surface area contributed by atoms with Gasteiger partial charge < -0.3 is 21.1 Å². The molecule has 3 rings (SSSR count). The van der Waals surface area contributed by atoms with Crippen molar-refractivity contribution in [3.63, 3.8) is 0 Å². The Morgan fingerprint density at radius 3 is 3.00 bits per heavy atom. The van der Waals surface area contributed by atoms with E-state index in [-0.39, 0.29) is 18.0 Å². The molecule has 2 aromatic heterocycles. The minimum atomic E-state index is 0.212. The Balaban J connectivity index is 1.80. The van der Waals surface area contributed by atoms with Crippen LogP contribution in [-0.2, 0) is 0 Å². The van der Waals surface area contributed by atoms with Gasteiger partial charge in [-0.1, -0.05) is 0 Å². The van der Waals surface area contributed by atoms with Crippen LogP contribution in [0.2, 0.25) is 0 Å². The van der Waals surface area contributed by atoms with E-state index in [1.807, 2.05) is 0 Å². The lowest BCUT2D eigenvalue weighted by molar-refractivity contribution is 0.253. The Kier molecular flexibility index (Phi) is 2.55. The summed E-state index contributed by atoms with van der Waals surface area (Å²) in [7, 11) is 0. The second-order valence-electron chi connectivity index (χ2n) is 4.86. The number of nitrogens with two attached hydrogens (primary N) is 1. The fourth-order valence-corrected chi connectivity index (χ4v) is 2.18. The number of nitrogens with one attached hydrogen (secondary N) is 2. The van der Waals surface area contributed by atoms with Crippen molar-refractivity contribution in [3.05, 3.63) is 6.33 Å². The fourth-order valence-electron chi connectivity index (χ4n) is 2.18. The van der Waals surface area contributed by atoms with E-state index in [1.165, 1.54) is 0 Å². The first-order valence-corrected chi connectivity index (χ1v) is 6.04. The lowest BCUT2D eigenvalue weighted by atomic mass is 10.0. The molecule has 0 aromatic carbocycles. The Morgan fingerprint density at radius 1 is 1.44 bits per heavy atom. The first kappa shape index (κ1) is 11.2. The Morgan fingerprint density at radius 2 is 2.28 bits per heavy atom. The number of nitrogens with zero attached hydrogens (tertiary/aromatic N) is 3. The van der Waals surface area contributed by atoms with Gasteiger partial charge in [0.2, 0.25) is 5.95 Å². The minimum Gasteiger partial charge on any atom is -0.396 e. The molecule has 2 heterocycles. The van der Waals surface area contributed by atoms with Gasteiger partial charge in [0, 0.05) is 13.2 Å². The van der Waals surface area contributed by atoms with Crippen molar-refractivity contribution >= 4 is 22.9 Å². The molecule has 2 aromatic rings. The molecular weight excluding hydrogens is 232 g/mol. The monoisotopic (exact) mass is 248 g/mol. The summed E-state index contributed by atoms with van der Waals surface area (Å²) in [6.07, 6.45) is 4.69. The second-order valence-corrected chi connectivity index (χ2v) is 4.86. The van der Waals surface area contributed by atoms with Gasteiger partial charge in [-0.25, -0.2) is 4.98 Å². The van der Waals surface area contributed by atoms with Crippen molar-refractivity contribution in [2.45, 2.75) is 19.3 Å². The number of nitrogen functional groups attached to an aromatic ring is 1. The van der Waals surface area contributed by atoms with E-state index in [4.69, 9.17) is 10.8 Å². The van der Waals surface area contributed by atoms with E-state index >= 15 is 0 Å². The molecule has 7 heteroatoms. The largest absolute Gasteiger partial charge is 0.396 e. The lowest BCUT2D eigenvalue weighted by Crippen LogP contribution is -2.18. The number of H-pyrrole nitrogens is 1. The number of fused-ring (bicyclic) bond motifs is 1. The highest BCUT2D eigenvalue weighted by Crippen LogP contribution is 2.48. The molecule has 0 amide bonds. The quantitative estimate of drug-likeness (QED) is 0.613. The van der Waals surface area contributed by atoms with Crippen molar-refractivity contribution < 1.29 is 5.11 Å². The predicted octanol–water partition coefficient (Wildman–Crippen LogP) is 0.510. The van der Waals surface area contributed by atoms with E-state index in [0.717, 1.165) is 31.3 Å². The SMILES string of the molecule is Nc1nc(NCC2(CCO)CC2)c2[nH]cnc2n1. The highest BCUT2D eigenvalue weighted by Gasteiger charge is 2.41. The summed E-state index contributed by atoms with van der Waals surface area (Å²) in [4.78, 5) is 15.3. The van der Waals surface area contributed by atoms with Crippen LogP contribution in [0.3, 0.4) is 0 Å². The van der Waals surface area contributed by atoms with Crippen molar-refractivity contribution in [2.24, 2.45) is 5.41 Å². The summed E-state index contributed by atoms with van der Waals surface area (Å²) in [5.74, 6) is 0.892. The first-order chi connectivity index (χ1) is 8.72. The number of hydrogen-bond acceptors (Lipinski definition) is 6. The van der Waals surface area contributed by atoms with Gasteiger partial charge >= 0.3 is 0 Å². The zero-order valence-electron chi connectivity index (χ0n) is 9.98. The standard InChI is InChI=1S/C11H16N6O/c12-10-16-8(7-9(17-10)15-6-14-7)13-5-11(1-2-11)3-4-18/h6,18H,1-5H2,(H4,12,13,14,15,16,17). The average molecular weight is 248 g/mol. The number of rotatable bonds is 5. The molecule has 7 nitrogen and oxygen atoms in total. The van der Waals surface area contributed by atoms with Crippen LogP contribution < -0.4 is 11.1 Å². The molecule has 1 aliphatic rings. The smallest absolute Gasteiger partial charge is 0.224 e. The predicted molar refractivity (Wildman–Crippen MR) is 68.0 cm³/mol. The van der Waals surface area contributed by atoms with Crippen LogP contribution in [0.1, 0.15) is 19.3 Å². The molecule has 1 aliphatic carbocycles. The van der Waals surface area contributed by atoms with Crippen LogP contribution in [0.4, 0.5) is 11.8 Å². The fraction of sp³-hybridized carbons (Fsp3) is 0.545. The normalized spacial score (nSPS) is 16.9. The molecule has 0 bridgehead atoms. The summed E-state index contributed by atoms with van der Waals surface area (Å²) in [6.45, 7) is 1.02.